The standard InChI is InChI=1S/C38H42N3O10P/c1-5-21-52(45,50-6-2)51-36-18-12-29(23-38(36)47-4)8-14-33(44)24-32(43)13-7-28-11-17-35(37(22-28)46-3)49-27-31-25-41(40-39-31)19-20-48-34-15-9-30(26-42)10-16-34/h7-18,22-26,43H,5-6,19-21,27H2,1-4H3/b13-7+,14-8+,32-24-. The van der Waals surface area contributed by atoms with Crippen molar-refractivity contribution < 1.29 is 47.3 Å². The third-order valence-electron chi connectivity index (χ3n) is 7.18. The molecule has 13 nitrogen and oxygen atoms in total. The van der Waals surface area contributed by atoms with Crippen LogP contribution in [0, 0.1) is 0 Å². The monoisotopic (exact) mass is 731 g/mol. The number of allylic oxidation sites excluding steroid dienone is 3. The number of ketones is 1. The van der Waals surface area contributed by atoms with Crippen molar-refractivity contribution in [1.82, 2.24) is 15.0 Å². The first-order valence-electron chi connectivity index (χ1n) is 16.5. The minimum atomic E-state index is -3.33. The van der Waals surface area contributed by atoms with Crippen molar-refractivity contribution in [2.75, 3.05) is 33.6 Å². The van der Waals surface area contributed by atoms with Crippen LogP contribution in [0.1, 0.15) is 47.4 Å². The third kappa shape index (κ3) is 12.0. The molecule has 274 valence electrons. The molecule has 1 N–H and O–H groups in total. The summed E-state index contributed by atoms with van der Waals surface area (Å²) in [5, 5.41) is 18.6. The maximum absolute atomic E-state index is 13.0. The van der Waals surface area contributed by atoms with E-state index in [0.717, 1.165) is 12.4 Å². The molecule has 14 heteroatoms. The molecule has 0 aliphatic carbocycles. The van der Waals surface area contributed by atoms with Crippen LogP contribution in [0.4, 0.5) is 0 Å². The van der Waals surface area contributed by atoms with Crippen molar-refractivity contribution in [3.63, 3.8) is 0 Å². The van der Waals surface area contributed by atoms with E-state index in [0.29, 0.717) is 65.0 Å². The highest BCUT2D eigenvalue weighted by Crippen LogP contribution is 2.50. The van der Waals surface area contributed by atoms with Gasteiger partial charge in [0.1, 0.15) is 36.7 Å². The Bertz CT molecular complexity index is 1930. The first-order chi connectivity index (χ1) is 25.2. The lowest BCUT2D eigenvalue weighted by Crippen LogP contribution is -2.08. The van der Waals surface area contributed by atoms with Gasteiger partial charge in [0, 0.05) is 11.6 Å². The zero-order valence-electron chi connectivity index (χ0n) is 29.5. The third-order valence-corrected chi connectivity index (χ3v) is 9.30. The topological polar surface area (TPSA) is 158 Å². The van der Waals surface area contributed by atoms with Gasteiger partial charge in [-0.15, -0.1) is 5.10 Å². The van der Waals surface area contributed by atoms with E-state index in [2.05, 4.69) is 10.3 Å². The average molecular weight is 732 g/mol. The number of aromatic nitrogens is 3. The smallest absolute Gasteiger partial charge is 0.379 e. The van der Waals surface area contributed by atoms with Gasteiger partial charge in [0.2, 0.25) is 0 Å². The number of aliphatic hydroxyl groups excluding tert-OH is 1. The highest BCUT2D eigenvalue weighted by Gasteiger charge is 2.26. The maximum Gasteiger partial charge on any atom is 0.379 e. The number of carbonyl (C=O) groups is 2. The molecular formula is C38H42N3O10P. The summed E-state index contributed by atoms with van der Waals surface area (Å²) in [4.78, 5) is 23.3. The SMILES string of the molecule is CCCP(=O)(OCC)Oc1ccc(/C=C/C(=O)/C=C(O)/C=C/c2ccc(OCc3cn(CCOc4ccc(C=O)cc4)nn3)c(OC)c2)cc1OC. The quantitative estimate of drug-likeness (QED) is 0.0296. The normalized spacial score (nSPS) is 12.8. The first kappa shape index (κ1) is 39.1. The van der Waals surface area contributed by atoms with Crippen LogP contribution in [0.2, 0.25) is 0 Å². The van der Waals surface area contributed by atoms with E-state index in [1.54, 1.807) is 90.6 Å². The van der Waals surface area contributed by atoms with E-state index in [1.165, 1.54) is 26.4 Å². The fourth-order valence-corrected chi connectivity index (χ4v) is 6.36. The molecule has 4 rings (SSSR count). The van der Waals surface area contributed by atoms with Gasteiger partial charge in [-0.3, -0.25) is 9.59 Å². The van der Waals surface area contributed by atoms with Gasteiger partial charge in [0.05, 0.1) is 39.7 Å². The molecule has 0 spiro atoms. The second-order valence-corrected chi connectivity index (χ2v) is 13.2. The average Bonchev–Trinajstić information content (AvgIpc) is 3.60. The summed E-state index contributed by atoms with van der Waals surface area (Å²) in [6, 6.07) is 17.0. The van der Waals surface area contributed by atoms with Crippen LogP contribution in [0.3, 0.4) is 0 Å². The van der Waals surface area contributed by atoms with Crippen LogP contribution in [-0.4, -0.2) is 65.8 Å². The molecular weight excluding hydrogens is 689 g/mol. The zero-order valence-corrected chi connectivity index (χ0v) is 30.4. The summed E-state index contributed by atoms with van der Waals surface area (Å²) in [6.07, 6.45) is 10.4. The van der Waals surface area contributed by atoms with Gasteiger partial charge in [-0.1, -0.05) is 36.4 Å². The lowest BCUT2D eigenvalue weighted by atomic mass is 10.1. The van der Waals surface area contributed by atoms with Crippen LogP contribution >= 0.6 is 7.60 Å². The van der Waals surface area contributed by atoms with Crippen LogP contribution in [0.25, 0.3) is 12.2 Å². The van der Waals surface area contributed by atoms with Crippen LogP contribution in [0.15, 0.2) is 90.8 Å². The number of hydrogen-bond donors (Lipinski definition) is 1. The van der Waals surface area contributed by atoms with E-state index in [4.69, 9.17) is 28.0 Å². The van der Waals surface area contributed by atoms with Crippen molar-refractivity contribution in [1.29, 1.82) is 0 Å². The minimum absolute atomic E-state index is 0.151. The number of rotatable bonds is 21. The number of aliphatic hydroxyl groups is 1. The largest absolute Gasteiger partial charge is 0.508 e. The van der Waals surface area contributed by atoms with Gasteiger partial charge < -0.3 is 33.1 Å². The Morgan fingerprint density at radius 1 is 0.865 bits per heavy atom. The molecule has 1 unspecified atom stereocenters. The number of ether oxygens (including phenoxy) is 4. The van der Waals surface area contributed by atoms with Crippen molar-refractivity contribution >= 4 is 31.8 Å². The molecule has 0 saturated carbocycles. The van der Waals surface area contributed by atoms with E-state index in [9.17, 15) is 19.3 Å². The van der Waals surface area contributed by atoms with Crippen molar-refractivity contribution in [3.05, 3.63) is 113 Å². The van der Waals surface area contributed by atoms with Crippen LogP contribution in [0.5, 0.6) is 28.7 Å². The molecule has 0 aliphatic rings. The highest BCUT2D eigenvalue weighted by atomic mass is 31.2. The molecule has 1 heterocycles. The second-order valence-electron chi connectivity index (χ2n) is 11.1. The predicted molar refractivity (Wildman–Crippen MR) is 196 cm³/mol. The van der Waals surface area contributed by atoms with Gasteiger partial charge in [-0.2, -0.15) is 0 Å². The maximum atomic E-state index is 13.0. The molecule has 0 amide bonds. The Balaban J connectivity index is 1.29. The number of carbonyl (C=O) groups excluding carboxylic acids is 2. The lowest BCUT2D eigenvalue weighted by molar-refractivity contribution is -0.110. The van der Waals surface area contributed by atoms with Gasteiger partial charge in [0.15, 0.2) is 28.8 Å². The predicted octanol–water partition coefficient (Wildman–Crippen LogP) is 7.52. The van der Waals surface area contributed by atoms with Gasteiger partial charge in [-0.25, -0.2) is 9.25 Å². The summed E-state index contributed by atoms with van der Waals surface area (Å²) >= 11 is 0. The van der Waals surface area contributed by atoms with Gasteiger partial charge in [0.25, 0.3) is 0 Å². The molecule has 1 aromatic heterocycles. The number of methoxy groups -OCH3 is 2. The summed E-state index contributed by atoms with van der Waals surface area (Å²) in [5.41, 5.74) is 2.51. The fourth-order valence-electron chi connectivity index (χ4n) is 4.69. The Labute approximate surface area is 302 Å². The van der Waals surface area contributed by atoms with Crippen LogP contribution < -0.4 is 23.5 Å². The van der Waals surface area contributed by atoms with E-state index in [1.807, 2.05) is 6.92 Å². The van der Waals surface area contributed by atoms with E-state index >= 15 is 0 Å². The Hall–Kier alpha value is -5.65. The molecule has 3 aromatic carbocycles. The van der Waals surface area contributed by atoms with E-state index < -0.39 is 13.4 Å². The molecule has 0 aliphatic heterocycles. The van der Waals surface area contributed by atoms with Crippen molar-refractivity contribution in [2.24, 2.45) is 0 Å². The lowest BCUT2D eigenvalue weighted by Gasteiger charge is -2.19. The summed E-state index contributed by atoms with van der Waals surface area (Å²) in [6.45, 7) is 4.88. The molecule has 0 fully saturated rings. The molecule has 1 atom stereocenters. The molecule has 0 bridgehead atoms. The second kappa shape index (κ2) is 19.7. The summed E-state index contributed by atoms with van der Waals surface area (Å²) in [5.74, 6) is 1.52. The highest BCUT2D eigenvalue weighted by molar-refractivity contribution is 7.54. The Morgan fingerprint density at radius 2 is 1.52 bits per heavy atom. The minimum Gasteiger partial charge on any atom is -0.508 e. The van der Waals surface area contributed by atoms with Crippen molar-refractivity contribution in [3.8, 4) is 28.7 Å². The first-order valence-corrected chi connectivity index (χ1v) is 18.2. The fraction of sp³-hybridized carbons (Fsp3) is 0.263. The number of hydrogen-bond acceptors (Lipinski definition) is 12. The molecule has 4 aromatic rings. The van der Waals surface area contributed by atoms with Gasteiger partial charge in [-0.05, 0) is 85.2 Å². The molecule has 0 saturated heterocycles. The number of nitrogens with zero attached hydrogens (tertiary/aromatic N) is 3. The summed E-state index contributed by atoms with van der Waals surface area (Å²) in [7, 11) is -0.348. The van der Waals surface area contributed by atoms with Gasteiger partial charge >= 0.3 is 7.60 Å². The van der Waals surface area contributed by atoms with Crippen LogP contribution in [-0.2, 0) is 27.0 Å². The molecule has 0 radical (unpaired) electrons. The zero-order chi connectivity index (χ0) is 37.3. The van der Waals surface area contributed by atoms with Crippen molar-refractivity contribution in [2.45, 2.75) is 33.4 Å². The van der Waals surface area contributed by atoms with E-state index in [-0.39, 0.29) is 30.9 Å². The number of aldehydes is 1. The summed E-state index contributed by atoms with van der Waals surface area (Å²) < 4.78 is 48.2. The Kier molecular flexibility index (Phi) is 14.8. The molecule has 52 heavy (non-hydrogen) atoms. The Morgan fingerprint density at radius 3 is 2.17 bits per heavy atom. The number of benzene rings is 3.